The normalized spacial score (nSPS) is 8.00. The monoisotopic (exact) mass is 450 g/mol. The Morgan fingerprint density at radius 1 is 0.643 bits per heavy atom. The molecule has 0 aliphatic rings. The van der Waals surface area contributed by atoms with Gasteiger partial charge in [0.15, 0.2) is 0 Å². The predicted molar refractivity (Wildman–Crippen MR) is 81.9 cm³/mol. The number of nitrogens with zero attached hydrogens (tertiary/aromatic N) is 2. The van der Waals surface area contributed by atoms with Gasteiger partial charge in [-0.3, -0.25) is 0 Å². The van der Waals surface area contributed by atoms with Crippen LogP contribution in [0.25, 0.3) is 0 Å². The van der Waals surface area contributed by atoms with Gasteiger partial charge in [0.25, 0.3) is 0 Å². The summed E-state index contributed by atoms with van der Waals surface area (Å²) in [5.41, 5.74) is -1.38. The first-order chi connectivity index (χ1) is 11.2. The summed E-state index contributed by atoms with van der Waals surface area (Å²) >= 11 is 0. The first-order valence-corrected chi connectivity index (χ1v) is 6.05. The van der Waals surface area contributed by atoms with Crippen LogP contribution >= 0.6 is 0 Å². The largest absolute Gasteiger partial charge is 2.00 e. The number of carboxylic acid groups (broad SMARTS) is 4. The van der Waals surface area contributed by atoms with Crippen molar-refractivity contribution in [1.82, 2.24) is 9.97 Å². The maximum atomic E-state index is 10.3. The molecule has 0 atom stereocenters. The van der Waals surface area contributed by atoms with Crippen molar-refractivity contribution in [3.05, 3.63) is 59.2 Å². The number of carbonyl (C=O) groups excluding carboxylic acids is 2. The molecule has 0 radical (unpaired) electrons. The standard InChI is InChI=1S/2C7H5NO4.3H2O.Zn/c2*9-6(10)4-2-1-3-5(8-4)7(11)12;;;;/h2*1-3H,(H,9,10)(H,11,12);3*1H2;/q;;;;;+2/p-2. The van der Waals surface area contributed by atoms with E-state index in [2.05, 4.69) is 9.97 Å². The third-order valence-electron chi connectivity index (χ3n) is 2.35. The van der Waals surface area contributed by atoms with E-state index in [0.717, 1.165) is 0 Å². The summed E-state index contributed by atoms with van der Waals surface area (Å²) in [6.45, 7) is 0. The zero-order valence-electron chi connectivity index (χ0n) is 13.9. The summed E-state index contributed by atoms with van der Waals surface area (Å²) in [5, 5.41) is 37.2. The van der Waals surface area contributed by atoms with E-state index in [4.69, 9.17) is 10.2 Å². The predicted octanol–water partition coefficient (Wildman–Crippen LogP) is -4.19. The van der Waals surface area contributed by atoms with Crippen LogP contribution in [-0.4, -0.2) is 60.5 Å². The summed E-state index contributed by atoms with van der Waals surface area (Å²) in [6.07, 6.45) is 0. The van der Waals surface area contributed by atoms with Crippen molar-refractivity contribution in [1.29, 1.82) is 0 Å². The average Bonchev–Trinajstić information content (AvgIpc) is 2.55. The van der Waals surface area contributed by atoms with Gasteiger partial charge in [0.2, 0.25) is 0 Å². The number of aromatic nitrogens is 2. The Bertz CT molecular complexity index is 687. The topological polar surface area (TPSA) is 275 Å². The van der Waals surface area contributed by atoms with Gasteiger partial charge in [-0.15, -0.1) is 0 Å². The van der Waals surface area contributed by atoms with Crippen LogP contribution in [0.5, 0.6) is 0 Å². The summed E-state index contributed by atoms with van der Waals surface area (Å²) in [5.74, 6) is -5.51. The van der Waals surface area contributed by atoms with Crippen molar-refractivity contribution >= 4 is 23.9 Å². The van der Waals surface area contributed by atoms with Crippen molar-refractivity contribution < 1.29 is 75.5 Å². The zero-order chi connectivity index (χ0) is 18.3. The molecular formula is C14H14N2O11Zn. The molecule has 0 aliphatic heterocycles. The SMILES string of the molecule is O.O.O.O=C([O-])c1cccc(C(=O)O)n1.O=C([O-])c1cccc(C(=O)O)n1.[Zn+2]. The molecule has 0 saturated heterocycles. The Kier molecular flexibility index (Phi) is 17.1. The Morgan fingerprint density at radius 2 is 0.893 bits per heavy atom. The molecule has 0 aromatic carbocycles. The number of carbonyl (C=O) groups is 4. The summed E-state index contributed by atoms with van der Waals surface area (Å²) in [4.78, 5) is 47.6. The van der Waals surface area contributed by atoms with Crippen molar-refractivity contribution in [2.75, 3.05) is 0 Å². The summed E-state index contributed by atoms with van der Waals surface area (Å²) in [6, 6.07) is 7.33. The van der Waals surface area contributed by atoms with Gasteiger partial charge < -0.3 is 46.4 Å². The first-order valence-electron chi connectivity index (χ1n) is 6.05. The summed E-state index contributed by atoms with van der Waals surface area (Å²) < 4.78 is 0. The molecule has 14 heteroatoms. The van der Waals surface area contributed by atoms with Crippen molar-refractivity contribution in [3.8, 4) is 0 Å². The Balaban J connectivity index is -0.000000180. The average molecular weight is 452 g/mol. The van der Waals surface area contributed by atoms with Gasteiger partial charge >= 0.3 is 31.4 Å². The van der Waals surface area contributed by atoms with Crippen LogP contribution in [0.15, 0.2) is 36.4 Å². The van der Waals surface area contributed by atoms with E-state index in [-0.39, 0.29) is 58.7 Å². The molecule has 0 bridgehead atoms. The van der Waals surface area contributed by atoms with Crippen LogP contribution < -0.4 is 10.2 Å². The fourth-order valence-corrected chi connectivity index (χ4v) is 1.34. The Labute approximate surface area is 169 Å². The molecule has 2 heterocycles. The van der Waals surface area contributed by atoms with E-state index < -0.39 is 23.9 Å². The van der Waals surface area contributed by atoms with Crippen molar-refractivity contribution in [2.45, 2.75) is 0 Å². The molecule has 0 amide bonds. The molecule has 0 spiro atoms. The maximum absolute atomic E-state index is 10.3. The van der Waals surface area contributed by atoms with Crippen LogP contribution in [0.3, 0.4) is 0 Å². The van der Waals surface area contributed by atoms with Crippen LogP contribution in [0.1, 0.15) is 42.0 Å². The number of hydrogen-bond donors (Lipinski definition) is 2. The van der Waals surface area contributed by atoms with E-state index in [1.165, 1.54) is 36.4 Å². The molecule has 8 N–H and O–H groups in total. The molecule has 0 fully saturated rings. The second-order valence-corrected chi connectivity index (χ2v) is 4.00. The smallest absolute Gasteiger partial charge is 0.543 e. The second kappa shape index (κ2) is 14.8. The summed E-state index contributed by atoms with van der Waals surface area (Å²) in [7, 11) is 0. The number of carboxylic acids is 4. The molecule has 148 valence electrons. The minimum atomic E-state index is -1.49. The van der Waals surface area contributed by atoms with Crippen molar-refractivity contribution in [3.63, 3.8) is 0 Å². The molecule has 2 aromatic rings. The second-order valence-electron chi connectivity index (χ2n) is 4.00. The van der Waals surface area contributed by atoms with Gasteiger partial charge in [-0.2, -0.15) is 0 Å². The molecule has 0 unspecified atom stereocenters. The number of pyridine rings is 2. The number of aromatic carboxylic acids is 4. The quantitative estimate of drug-likeness (QED) is 0.422. The third kappa shape index (κ3) is 9.98. The molecule has 28 heavy (non-hydrogen) atoms. The zero-order valence-corrected chi connectivity index (χ0v) is 16.9. The fraction of sp³-hybridized carbons (Fsp3) is 0. The molecule has 2 rings (SSSR count). The van der Waals surface area contributed by atoms with Gasteiger partial charge in [-0.25, -0.2) is 19.6 Å². The molecule has 13 nitrogen and oxygen atoms in total. The number of hydrogen-bond acceptors (Lipinski definition) is 8. The van der Waals surface area contributed by atoms with Gasteiger partial charge in [0.05, 0.1) is 23.3 Å². The van der Waals surface area contributed by atoms with E-state index in [1.807, 2.05) is 0 Å². The van der Waals surface area contributed by atoms with Gasteiger partial charge in [0, 0.05) is 0 Å². The third-order valence-corrected chi connectivity index (χ3v) is 2.35. The first kappa shape index (κ1) is 32.4. The molecule has 2 aromatic heterocycles. The molecular weight excluding hydrogens is 438 g/mol. The van der Waals surface area contributed by atoms with Crippen molar-refractivity contribution in [2.24, 2.45) is 0 Å². The van der Waals surface area contributed by atoms with E-state index in [1.54, 1.807) is 0 Å². The van der Waals surface area contributed by atoms with E-state index in [9.17, 15) is 29.4 Å². The van der Waals surface area contributed by atoms with E-state index in [0.29, 0.717) is 0 Å². The van der Waals surface area contributed by atoms with Crippen LogP contribution in [0.4, 0.5) is 0 Å². The van der Waals surface area contributed by atoms with Gasteiger partial charge in [0.1, 0.15) is 11.4 Å². The minimum Gasteiger partial charge on any atom is -0.543 e. The van der Waals surface area contributed by atoms with Gasteiger partial charge in [-0.05, 0) is 24.3 Å². The van der Waals surface area contributed by atoms with Crippen LogP contribution in [-0.2, 0) is 19.5 Å². The van der Waals surface area contributed by atoms with Gasteiger partial charge in [-0.1, -0.05) is 12.1 Å². The Hall–Kier alpha value is -3.32. The fourth-order valence-electron chi connectivity index (χ4n) is 1.34. The minimum absolute atomic E-state index is 0. The number of rotatable bonds is 4. The Morgan fingerprint density at radius 3 is 1.11 bits per heavy atom. The van der Waals surface area contributed by atoms with Crippen LogP contribution in [0, 0.1) is 0 Å². The molecule has 0 saturated carbocycles. The maximum Gasteiger partial charge on any atom is 2.00 e. The molecule has 0 aliphatic carbocycles. The van der Waals surface area contributed by atoms with Crippen LogP contribution in [0.2, 0.25) is 0 Å². The van der Waals surface area contributed by atoms with E-state index >= 15 is 0 Å².